The largest absolute Gasteiger partial charge is 0.389 e. The van der Waals surface area contributed by atoms with Crippen LogP contribution in [0.3, 0.4) is 0 Å². The molecule has 0 bridgehead atoms. The fraction of sp³-hybridized carbons (Fsp3) is 0.154. The zero-order valence-corrected chi connectivity index (χ0v) is 12.1. The van der Waals surface area contributed by atoms with Crippen molar-refractivity contribution < 1.29 is 13.6 Å². The number of aryl methyl sites for hydroxylation is 2. The van der Waals surface area contributed by atoms with Gasteiger partial charge in [0.1, 0.15) is 28.0 Å². The molecule has 0 unspecified atom stereocenters. The summed E-state index contributed by atoms with van der Waals surface area (Å²) in [5.74, 6) is -2.62. The Balaban J connectivity index is 2.42. The molecule has 2 aromatic rings. The number of hydrogen-bond acceptors (Lipinski definition) is 3. The van der Waals surface area contributed by atoms with Gasteiger partial charge in [-0.05, 0) is 18.6 Å². The van der Waals surface area contributed by atoms with E-state index in [0.717, 1.165) is 6.07 Å². The van der Waals surface area contributed by atoms with Crippen LogP contribution in [0, 0.1) is 18.6 Å². The maximum absolute atomic E-state index is 13.9. The van der Waals surface area contributed by atoms with Crippen LogP contribution >= 0.6 is 12.2 Å². The van der Waals surface area contributed by atoms with Crippen LogP contribution in [-0.2, 0) is 7.05 Å². The molecular formula is C13H12F2N4OS. The van der Waals surface area contributed by atoms with Crippen LogP contribution < -0.4 is 11.1 Å². The van der Waals surface area contributed by atoms with E-state index < -0.39 is 23.1 Å². The number of anilines is 1. The fourth-order valence-electron chi connectivity index (χ4n) is 1.80. The second-order valence-electron chi connectivity index (χ2n) is 4.40. The number of nitrogens with zero attached hydrogens (tertiary/aromatic N) is 2. The standard InChI is InChI=1S/C13H12F2N4OS/c1-6-3-4-8(14)9(10(6)15)13(20)18-12-7(11(16)21)5-17-19(12)2/h3-5H,1-2H3,(H2,16,21)(H,18,20). The number of carbonyl (C=O) groups is 1. The number of aromatic nitrogens is 2. The van der Waals surface area contributed by atoms with Crippen molar-refractivity contribution in [2.45, 2.75) is 6.92 Å². The van der Waals surface area contributed by atoms with Crippen molar-refractivity contribution in [3.05, 3.63) is 46.7 Å². The van der Waals surface area contributed by atoms with Crippen molar-refractivity contribution in [2.75, 3.05) is 5.32 Å². The Morgan fingerprint density at radius 2 is 2.10 bits per heavy atom. The van der Waals surface area contributed by atoms with Gasteiger partial charge in [0.2, 0.25) is 0 Å². The third-order valence-electron chi connectivity index (χ3n) is 2.95. The molecule has 0 aliphatic rings. The van der Waals surface area contributed by atoms with Crippen molar-refractivity contribution in [2.24, 2.45) is 12.8 Å². The predicted octanol–water partition coefficient (Wildman–Crippen LogP) is 1.89. The third kappa shape index (κ3) is 2.75. The molecule has 8 heteroatoms. The fourth-order valence-corrected chi connectivity index (χ4v) is 1.95. The Kier molecular flexibility index (Phi) is 3.99. The highest BCUT2D eigenvalue weighted by molar-refractivity contribution is 7.80. The summed E-state index contributed by atoms with van der Waals surface area (Å²) < 4.78 is 28.9. The Morgan fingerprint density at radius 1 is 1.43 bits per heavy atom. The molecule has 0 radical (unpaired) electrons. The minimum atomic E-state index is -0.949. The van der Waals surface area contributed by atoms with Crippen LogP contribution in [0.2, 0.25) is 0 Å². The lowest BCUT2D eigenvalue weighted by molar-refractivity contribution is 0.101. The summed E-state index contributed by atoms with van der Waals surface area (Å²) in [6, 6.07) is 2.29. The molecule has 0 aliphatic heterocycles. The molecule has 3 N–H and O–H groups in total. The number of benzene rings is 1. The summed E-state index contributed by atoms with van der Waals surface area (Å²) in [5.41, 5.74) is 5.32. The van der Waals surface area contributed by atoms with Crippen LogP contribution in [-0.4, -0.2) is 20.7 Å². The van der Waals surface area contributed by atoms with E-state index in [4.69, 9.17) is 18.0 Å². The highest BCUT2D eigenvalue weighted by Gasteiger charge is 2.22. The first-order valence-corrected chi connectivity index (χ1v) is 6.31. The maximum atomic E-state index is 13.9. The van der Waals surface area contributed by atoms with Crippen molar-refractivity contribution >= 4 is 28.9 Å². The van der Waals surface area contributed by atoms with Gasteiger partial charge < -0.3 is 11.1 Å². The Hall–Kier alpha value is -2.35. The van der Waals surface area contributed by atoms with Gasteiger partial charge >= 0.3 is 0 Å². The second kappa shape index (κ2) is 5.57. The smallest absolute Gasteiger partial charge is 0.262 e. The van der Waals surface area contributed by atoms with E-state index in [1.54, 1.807) is 7.05 Å². The minimum absolute atomic E-state index is 0.0172. The summed E-state index contributed by atoms with van der Waals surface area (Å²) in [6.45, 7) is 1.44. The summed E-state index contributed by atoms with van der Waals surface area (Å²) in [6.07, 6.45) is 1.36. The Labute approximate surface area is 124 Å². The van der Waals surface area contributed by atoms with Gasteiger partial charge in [0.15, 0.2) is 0 Å². The number of halogens is 2. The average Bonchev–Trinajstić information content (AvgIpc) is 2.76. The molecule has 0 aliphatic carbocycles. The van der Waals surface area contributed by atoms with Gasteiger partial charge in [0.25, 0.3) is 5.91 Å². The number of carbonyl (C=O) groups excluding carboxylic acids is 1. The molecule has 110 valence electrons. The molecule has 0 saturated carbocycles. The molecule has 1 amide bonds. The first-order valence-electron chi connectivity index (χ1n) is 5.90. The van der Waals surface area contributed by atoms with Crippen molar-refractivity contribution in [1.82, 2.24) is 9.78 Å². The first-order chi connectivity index (χ1) is 9.82. The number of nitrogens with two attached hydrogens (primary N) is 1. The Morgan fingerprint density at radius 3 is 2.71 bits per heavy atom. The lowest BCUT2D eigenvalue weighted by atomic mass is 10.1. The van der Waals surface area contributed by atoms with Crippen LogP contribution in [0.25, 0.3) is 0 Å². The van der Waals surface area contributed by atoms with Crippen LogP contribution in [0.5, 0.6) is 0 Å². The number of nitrogens with one attached hydrogen (secondary N) is 1. The van der Waals surface area contributed by atoms with Gasteiger partial charge in [-0.25, -0.2) is 8.78 Å². The van der Waals surface area contributed by atoms with Gasteiger partial charge in [-0.1, -0.05) is 18.3 Å². The lowest BCUT2D eigenvalue weighted by Crippen LogP contribution is -2.21. The van der Waals surface area contributed by atoms with Crippen LogP contribution in [0.1, 0.15) is 21.5 Å². The molecule has 0 spiro atoms. The number of rotatable bonds is 3. The van der Waals surface area contributed by atoms with Gasteiger partial charge in [0, 0.05) is 7.05 Å². The van der Waals surface area contributed by atoms with Crippen LogP contribution in [0.15, 0.2) is 18.3 Å². The molecule has 1 aromatic carbocycles. The van der Waals surface area contributed by atoms with E-state index in [1.807, 2.05) is 0 Å². The minimum Gasteiger partial charge on any atom is -0.389 e. The number of hydrogen-bond donors (Lipinski definition) is 2. The molecule has 1 heterocycles. The van der Waals surface area contributed by atoms with Gasteiger partial charge in [-0.3, -0.25) is 9.48 Å². The van der Waals surface area contributed by atoms with E-state index in [2.05, 4.69) is 10.4 Å². The average molecular weight is 310 g/mol. The zero-order chi connectivity index (χ0) is 15.7. The summed E-state index contributed by atoms with van der Waals surface area (Å²) in [4.78, 5) is 12.1. The van der Waals surface area contributed by atoms with Crippen LogP contribution in [0.4, 0.5) is 14.6 Å². The monoisotopic (exact) mass is 310 g/mol. The van der Waals surface area contributed by atoms with E-state index in [1.165, 1.54) is 23.9 Å². The van der Waals surface area contributed by atoms with Crippen molar-refractivity contribution in [1.29, 1.82) is 0 Å². The molecule has 1 aromatic heterocycles. The predicted molar refractivity (Wildman–Crippen MR) is 78.1 cm³/mol. The Bertz CT molecular complexity index is 742. The summed E-state index contributed by atoms with van der Waals surface area (Å²) in [5, 5.41) is 6.27. The maximum Gasteiger partial charge on any atom is 0.262 e. The van der Waals surface area contributed by atoms with Gasteiger partial charge in [-0.2, -0.15) is 5.10 Å². The highest BCUT2D eigenvalue weighted by atomic mass is 32.1. The van der Waals surface area contributed by atoms with Crippen molar-refractivity contribution in [3.8, 4) is 0 Å². The first kappa shape index (κ1) is 15.0. The quantitative estimate of drug-likeness (QED) is 0.849. The molecule has 21 heavy (non-hydrogen) atoms. The molecule has 2 rings (SSSR count). The summed E-state index contributed by atoms with van der Waals surface area (Å²) in [7, 11) is 1.54. The van der Waals surface area contributed by atoms with Crippen molar-refractivity contribution in [3.63, 3.8) is 0 Å². The molecular weight excluding hydrogens is 298 g/mol. The lowest BCUT2D eigenvalue weighted by Gasteiger charge is -2.10. The van der Waals surface area contributed by atoms with E-state index in [-0.39, 0.29) is 16.4 Å². The zero-order valence-electron chi connectivity index (χ0n) is 11.3. The number of thiocarbonyl (C=S) groups is 1. The summed E-state index contributed by atoms with van der Waals surface area (Å²) >= 11 is 4.83. The molecule has 0 atom stereocenters. The van der Waals surface area contributed by atoms with E-state index >= 15 is 0 Å². The molecule has 0 saturated heterocycles. The highest BCUT2D eigenvalue weighted by Crippen LogP contribution is 2.20. The van der Waals surface area contributed by atoms with E-state index in [0.29, 0.717) is 5.56 Å². The molecule has 0 fully saturated rings. The number of amides is 1. The van der Waals surface area contributed by atoms with Gasteiger partial charge in [-0.15, -0.1) is 0 Å². The normalized spacial score (nSPS) is 10.5. The van der Waals surface area contributed by atoms with E-state index in [9.17, 15) is 13.6 Å². The topological polar surface area (TPSA) is 72.9 Å². The SMILES string of the molecule is Cc1ccc(F)c(C(=O)Nc2c(C(N)=S)cnn2C)c1F. The molecule has 5 nitrogen and oxygen atoms in total. The van der Waals surface area contributed by atoms with Gasteiger partial charge in [0.05, 0.1) is 11.8 Å². The third-order valence-corrected chi connectivity index (χ3v) is 3.17. The second-order valence-corrected chi connectivity index (χ2v) is 4.84.